The second-order valence-electron chi connectivity index (χ2n) is 4.54. The van der Waals surface area contributed by atoms with Crippen LogP contribution in [0.1, 0.15) is 38.9 Å². The van der Waals surface area contributed by atoms with Crippen molar-refractivity contribution in [2.45, 2.75) is 45.6 Å². The first-order chi connectivity index (χ1) is 7.51. The SMILES string of the molecule is CCOCCc1noc(CCC(C)(C)N)n1. The van der Waals surface area contributed by atoms with Gasteiger partial charge in [0.05, 0.1) is 6.61 Å². The molecule has 1 aromatic rings. The van der Waals surface area contributed by atoms with Gasteiger partial charge in [-0.3, -0.25) is 0 Å². The number of hydrogen-bond acceptors (Lipinski definition) is 5. The maximum atomic E-state index is 5.88. The number of rotatable bonds is 7. The fourth-order valence-electron chi connectivity index (χ4n) is 1.23. The van der Waals surface area contributed by atoms with E-state index in [1.165, 1.54) is 0 Å². The van der Waals surface area contributed by atoms with E-state index < -0.39 is 0 Å². The highest BCUT2D eigenvalue weighted by Gasteiger charge is 2.13. The zero-order valence-corrected chi connectivity index (χ0v) is 10.3. The highest BCUT2D eigenvalue weighted by Crippen LogP contribution is 2.09. The summed E-state index contributed by atoms with van der Waals surface area (Å²) in [6, 6.07) is 0. The first kappa shape index (κ1) is 13.1. The summed E-state index contributed by atoms with van der Waals surface area (Å²) in [6.45, 7) is 7.29. The van der Waals surface area contributed by atoms with Gasteiger partial charge in [-0.05, 0) is 27.2 Å². The van der Waals surface area contributed by atoms with E-state index in [2.05, 4.69) is 10.1 Å². The van der Waals surface area contributed by atoms with Crippen LogP contribution in [-0.2, 0) is 17.6 Å². The molecule has 0 unspecified atom stereocenters. The summed E-state index contributed by atoms with van der Waals surface area (Å²) in [5.41, 5.74) is 5.68. The molecule has 0 aliphatic carbocycles. The van der Waals surface area contributed by atoms with E-state index >= 15 is 0 Å². The van der Waals surface area contributed by atoms with Crippen LogP contribution in [0.2, 0.25) is 0 Å². The normalized spacial score (nSPS) is 12.0. The number of hydrogen-bond donors (Lipinski definition) is 1. The molecule has 0 fully saturated rings. The van der Waals surface area contributed by atoms with Gasteiger partial charge < -0.3 is 15.0 Å². The van der Waals surface area contributed by atoms with Crippen molar-refractivity contribution in [2.75, 3.05) is 13.2 Å². The molecule has 0 aliphatic heterocycles. The van der Waals surface area contributed by atoms with Gasteiger partial charge >= 0.3 is 0 Å². The van der Waals surface area contributed by atoms with E-state index in [1.807, 2.05) is 20.8 Å². The van der Waals surface area contributed by atoms with E-state index in [0.29, 0.717) is 31.3 Å². The molecule has 2 N–H and O–H groups in total. The Morgan fingerprint density at radius 1 is 1.38 bits per heavy atom. The summed E-state index contributed by atoms with van der Waals surface area (Å²) < 4.78 is 10.3. The second-order valence-corrected chi connectivity index (χ2v) is 4.54. The highest BCUT2D eigenvalue weighted by atomic mass is 16.5. The molecular formula is C11H21N3O2. The zero-order chi connectivity index (χ0) is 12.0. The molecule has 1 aromatic heterocycles. The average molecular weight is 227 g/mol. The molecule has 0 bridgehead atoms. The topological polar surface area (TPSA) is 74.2 Å². The van der Waals surface area contributed by atoms with Crippen molar-refractivity contribution in [2.24, 2.45) is 5.73 Å². The number of nitrogens with zero attached hydrogens (tertiary/aromatic N) is 2. The molecule has 0 saturated carbocycles. The lowest BCUT2D eigenvalue weighted by molar-refractivity contribution is 0.149. The molecule has 0 radical (unpaired) electrons. The molecule has 0 amide bonds. The van der Waals surface area contributed by atoms with E-state index in [4.69, 9.17) is 15.0 Å². The molecule has 1 heterocycles. The maximum Gasteiger partial charge on any atom is 0.226 e. The van der Waals surface area contributed by atoms with Crippen LogP contribution in [0.25, 0.3) is 0 Å². The quantitative estimate of drug-likeness (QED) is 0.711. The Morgan fingerprint density at radius 2 is 2.12 bits per heavy atom. The van der Waals surface area contributed by atoms with Gasteiger partial charge in [0.2, 0.25) is 5.89 Å². The number of aromatic nitrogens is 2. The van der Waals surface area contributed by atoms with Gasteiger partial charge in [0.15, 0.2) is 5.82 Å². The third kappa shape index (κ3) is 5.23. The number of aryl methyl sites for hydroxylation is 1. The summed E-state index contributed by atoms with van der Waals surface area (Å²) in [4.78, 5) is 4.27. The lowest BCUT2D eigenvalue weighted by atomic mass is 10.0. The molecule has 0 spiro atoms. The minimum Gasteiger partial charge on any atom is -0.381 e. The predicted octanol–water partition coefficient (Wildman–Crippen LogP) is 1.32. The zero-order valence-electron chi connectivity index (χ0n) is 10.3. The Morgan fingerprint density at radius 3 is 2.75 bits per heavy atom. The monoisotopic (exact) mass is 227 g/mol. The predicted molar refractivity (Wildman–Crippen MR) is 61.1 cm³/mol. The van der Waals surface area contributed by atoms with Crippen LogP contribution >= 0.6 is 0 Å². The van der Waals surface area contributed by atoms with Gasteiger partial charge in [0.1, 0.15) is 0 Å². The molecule has 92 valence electrons. The minimum atomic E-state index is -0.194. The second kappa shape index (κ2) is 5.96. The molecule has 0 saturated heterocycles. The van der Waals surface area contributed by atoms with Crippen molar-refractivity contribution in [3.8, 4) is 0 Å². The Labute approximate surface area is 96.4 Å². The first-order valence-corrected chi connectivity index (χ1v) is 5.69. The Balaban J connectivity index is 2.33. The smallest absolute Gasteiger partial charge is 0.226 e. The summed E-state index contributed by atoms with van der Waals surface area (Å²) in [7, 11) is 0. The molecule has 5 nitrogen and oxygen atoms in total. The standard InChI is InChI=1S/C11H21N3O2/c1-4-15-8-6-9-13-10(16-14-9)5-7-11(2,3)12/h4-8,12H2,1-3H3. The molecule has 0 aliphatic rings. The fraction of sp³-hybridized carbons (Fsp3) is 0.818. The number of nitrogens with two attached hydrogens (primary N) is 1. The summed E-state index contributed by atoms with van der Waals surface area (Å²) in [6.07, 6.45) is 2.26. The average Bonchev–Trinajstić information content (AvgIpc) is 2.62. The lowest BCUT2D eigenvalue weighted by Gasteiger charge is -2.16. The molecule has 5 heteroatoms. The Hall–Kier alpha value is -0.940. The van der Waals surface area contributed by atoms with Gasteiger partial charge in [-0.1, -0.05) is 5.16 Å². The van der Waals surface area contributed by atoms with Crippen LogP contribution in [0, 0.1) is 0 Å². The van der Waals surface area contributed by atoms with Crippen molar-refractivity contribution in [3.63, 3.8) is 0 Å². The van der Waals surface area contributed by atoms with Gasteiger partial charge in [-0.2, -0.15) is 4.98 Å². The van der Waals surface area contributed by atoms with Crippen molar-refractivity contribution in [3.05, 3.63) is 11.7 Å². The van der Waals surface area contributed by atoms with Crippen LogP contribution in [0.3, 0.4) is 0 Å². The van der Waals surface area contributed by atoms with Crippen molar-refractivity contribution >= 4 is 0 Å². The van der Waals surface area contributed by atoms with E-state index in [0.717, 1.165) is 12.8 Å². The third-order valence-electron chi connectivity index (χ3n) is 2.17. The fourth-order valence-corrected chi connectivity index (χ4v) is 1.23. The van der Waals surface area contributed by atoms with E-state index in [9.17, 15) is 0 Å². The minimum absolute atomic E-state index is 0.194. The van der Waals surface area contributed by atoms with E-state index in [1.54, 1.807) is 0 Å². The van der Waals surface area contributed by atoms with Gasteiger partial charge in [0, 0.05) is 25.0 Å². The van der Waals surface area contributed by atoms with Crippen molar-refractivity contribution in [1.29, 1.82) is 0 Å². The Kier molecular flexibility index (Phi) is 4.89. The van der Waals surface area contributed by atoms with Crippen LogP contribution < -0.4 is 5.73 Å². The number of ether oxygens (including phenoxy) is 1. The van der Waals surface area contributed by atoms with Crippen LogP contribution in [-0.4, -0.2) is 28.9 Å². The molecular weight excluding hydrogens is 206 g/mol. The molecule has 16 heavy (non-hydrogen) atoms. The summed E-state index contributed by atoms with van der Waals surface area (Å²) in [5.74, 6) is 1.36. The van der Waals surface area contributed by atoms with Gasteiger partial charge in [-0.25, -0.2) is 0 Å². The van der Waals surface area contributed by atoms with Crippen molar-refractivity contribution < 1.29 is 9.26 Å². The van der Waals surface area contributed by atoms with Crippen LogP contribution in [0.4, 0.5) is 0 Å². The molecule has 0 aromatic carbocycles. The van der Waals surface area contributed by atoms with Crippen LogP contribution in [0.15, 0.2) is 4.52 Å². The molecule has 0 atom stereocenters. The lowest BCUT2D eigenvalue weighted by Crippen LogP contribution is -2.32. The molecule has 1 rings (SSSR count). The van der Waals surface area contributed by atoms with Crippen LogP contribution in [0.5, 0.6) is 0 Å². The highest BCUT2D eigenvalue weighted by molar-refractivity contribution is 4.88. The maximum absolute atomic E-state index is 5.88. The van der Waals surface area contributed by atoms with Gasteiger partial charge in [0.25, 0.3) is 0 Å². The summed E-state index contributed by atoms with van der Waals surface area (Å²) in [5, 5.41) is 3.88. The Bertz CT molecular complexity index is 304. The first-order valence-electron chi connectivity index (χ1n) is 5.69. The van der Waals surface area contributed by atoms with Crippen molar-refractivity contribution in [1.82, 2.24) is 10.1 Å². The third-order valence-corrected chi connectivity index (χ3v) is 2.17. The summed E-state index contributed by atoms with van der Waals surface area (Å²) >= 11 is 0. The largest absolute Gasteiger partial charge is 0.381 e. The van der Waals surface area contributed by atoms with E-state index in [-0.39, 0.29) is 5.54 Å². The van der Waals surface area contributed by atoms with Gasteiger partial charge in [-0.15, -0.1) is 0 Å².